The van der Waals surface area contributed by atoms with Gasteiger partial charge in [-0.25, -0.2) is 4.99 Å². The number of benzene rings is 1. The first kappa shape index (κ1) is 14.3. The fourth-order valence-electron chi connectivity index (χ4n) is 2.56. The van der Waals surface area contributed by atoms with Crippen molar-refractivity contribution in [3.63, 3.8) is 0 Å². The zero-order valence-corrected chi connectivity index (χ0v) is 13.2. The first-order chi connectivity index (χ1) is 10.6. The lowest BCUT2D eigenvalue weighted by molar-refractivity contribution is 0.605. The van der Waals surface area contributed by atoms with Crippen LogP contribution in [-0.2, 0) is 0 Å². The number of amidine groups is 2. The molecule has 0 bridgehead atoms. The van der Waals surface area contributed by atoms with E-state index in [9.17, 15) is 0 Å². The molecular weight excluding hydrogens is 272 g/mol. The zero-order chi connectivity index (χ0) is 15.7. The molecule has 0 spiro atoms. The van der Waals surface area contributed by atoms with Crippen molar-refractivity contribution >= 4 is 17.4 Å². The maximum Gasteiger partial charge on any atom is 0.133 e. The summed E-state index contributed by atoms with van der Waals surface area (Å²) >= 11 is 0. The van der Waals surface area contributed by atoms with Gasteiger partial charge < -0.3 is 10.6 Å². The predicted molar refractivity (Wildman–Crippen MR) is 92.7 cm³/mol. The van der Waals surface area contributed by atoms with Gasteiger partial charge in [0.15, 0.2) is 0 Å². The van der Waals surface area contributed by atoms with Gasteiger partial charge in [-0.1, -0.05) is 29.8 Å². The molecule has 1 aromatic rings. The Kier molecular flexibility index (Phi) is 3.67. The van der Waals surface area contributed by atoms with Crippen LogP contribution in [-0.4, -0.2) is 30.2 Å². The van der Waals surface area contributed by atoms with Gasteiger partial charge in [0.1, 0.15) is 11.7 Å². The molecule has 4 nitrogen and oxygen atoms in total. The molecule has 0 saturated carbocycles. The molecule has 0 amide bonds. The van der Waals surface area contributed by atoms with Crippen LogP contribution in [0.2, 0.25) is 0 Å². The Balaban J connectivity index is 2.14. The predicted octanol–water partition coefficient (Wildman–Crippen LogP) is 2.88. The summed E-state index contributed by atoms with van der Waals surface area (Å²) in [6, 6.07) is 8.35. The molecule has 112 valence electrons. The first-order valence-electron chi connectivity index (χ1n) is 7.33. The topological polar surface area (TPSA) is 54.0 Å². The van der Waals surface area contributed by atoms with Gasteiger partial charge in [-0.15, -0.1) is 0 Å². The third-order valence-electron chi connectivity index (χ3n) is 3.88. The molecule has 0 saturated heterocycles. The number of nitrogens with zero attached hydrogens (tertiary/aromatic N) is 3. The molecule has 4 heteroatoms. The highest BCUT2D eigenvalue weighted by molar-refractivity contribution is 6.10. The van der Waals surface area contributed by atoms with Crippen LogP contribution in [0.5, 0.6) is 0 Å². The maximum absolute atomic E-state index is 6.11. The van der Waals surface area contributed by atoms with Crippen LogP contribution in [0.25, 0.3) is 5.70 Å². The van der Waals surface area contributed by atoms with E-state index >= 15 is 0 Å². The summed E-state index contributed by atoms with van der Waals surface area (Å²) < 4.78 is 0. The summed E-state index contributed by atoms with van der Waals surface area (Å²) in [6.07, 6.45) is 6.21. The number of allylic oxidation sites excluding steroid dienone is 2. The quantitative estimate of drug-likeness (QED) is 0.673. The summed E-state index contributed by atoms with van der Waals surface area (Å²) in [4.78, 5) is 11.1. The first-order valence-corrected chi connectivity index (χ1v) is 7.33. The van der Waals surface area contributed by atoms with Crippen molar-refractivity contribution < 1.29 is 0 Å². The van der Waals surface area contributed by atoms with Crippen molar-refractivity contribution in [1.29, 1.82) is 0 Å². The van der Waals surface area contributed by atoms with E-state index in [-0.39, 0.29) is 0 Å². The monoisotopic (exact) mass is 292 g/mol. The number of aryl methyl sites for hydroxylation is 1. The molecule has 2 heterocycles. The molecule has 0 radical (unpaired) electrons. The second-order valence-corrected chi connectivity index (χ2v) is 5.60. The van der Waals surface area contributed by atoms with Crippen molar-refractivity contribution in [3.8, 4) is 0 Å². The number of aliphatic imine (C=N–C) groups is 2. The van der Waals surface area contributed by atoms with E-state index in [1.54, 1.807) is 7.05 Å². The van der Waals surface area contributed by atoms with E-state index < -0.39 is 0 Å². The molecule has 2 aliphatic rings. The minimum atomic E-state index is 0.540. The maximum atomic E-state index is 6.11. The van der Waals surface area contributed by atoms with Crippen molar-refractivity contribution in [2.75, 3.05) is 13.6 Å². The summed E-state index contributed by atoms with van der Waals surface area (Å²) in [5.74, 6) is 1.49. The minimum Gasteiger partial charge on any atom is -0.384 e. The molecule has 0 atom stereocenters. The van der Waals surface area contributed by atoms with Crippen molar-refractivity contribution in [2.45, 2.75) is 13.8 Å². The number of nitrogens with two attached hydrogens (primary N) is 1. The molecule has 22 heavy (non-hydrogen) atoms. The Hall–Kier alpha value is -2.62. The lowest BCUT2D eigenvalue weighted by atomic mass is 10.0. The summed E-state index contributed by atoms with van der Waals surface area (Å²) in [7, 11) is 1.71. The SMILES string of the molecule is C/N=C(\N)C1=C(c2ccc(C)cc2)N=C2C=C(C)C=CN2C1. The van der Waals surface area contributed by atoms with Gasteiger partial charge in [0.05, 0.1) is 12.2 Å². The molecule has 3 rings (SSSR count). The Morgan fingerprint density at radius 3 is 2.64 bits per heavy atom. The Bertz CT molecular complexity index is 746. The zero-order valence-electron chi connectivity index (χ0n) is 13.2. The fraction of sp³-hybridized carbons (Fsp3) is 0.222. The molecule has 2 N–H and O–H groups in total. The molecule has 0 unspecified atom stereocenters. The molecule has 0 aliphatic carbocycles. The standard InChI is InChI=1S/C18H20N4/c1-12-4-6-14(7-5-12)17-15(18(19)20-3)11-22-9-8-13(2)10-16(22)21-17/h4-10H,11H2,1-3H3,(H2,19,20). The molecular formula is C18H20N4. The average molecular weight is 292 g/mol. The molecule has 2 aliphatic heterocycles. The third kappa shape index (κ3) is 2.60. The van der Waals surface area contributed by atoms with Gasteiger partial charge in [-0.2, -0.15) is 0 Å². The van der Waals surface area contributed by atoms with Crippen LogP contribution in [0.15, 0.2) is 63.7 Å². The highest BCUT2D eigenvalue weighted by Gasteiger charge is 2.23. The Morgan fingerprint density at radius 2 is 1.95 bits per heavy atom. The lowest BCUT2D eigenvalue weighted by Gasteiger charge is -2.30. The van der Waals surface area contributed by atoms with Gasteiger partial charge in [0.25, 0.3) is 0 Å². The average Bonchev–Trinajstić information content (AvgIpc) is 2.53. The van der Waals surface area contributed by atoms with Crippen LogP contribution >= 0.6 is 0 Å². The van der Waals surface area contributed by atoms with Crippen LogP contribution in [0.3, 0.4) is 0 Å². The Labute approximate surface area is 131 Å². The summed E-state index contributed by atoms with van der Waals surface area (Å²) in [5.41, 5.74) is 11.5. The highest BCUT2D eigenvalue weighted by Crippen LogP contribution is 2.28. The van der Waals surface area contributed by atoms with Crippen LogP contribution in [0, 0.1) is 6.92 Å². The van der Waals surface area contributed by atoms with Crippen molar-refractivity contribution in [2.24, 2.45) is 15.7 Å². The Morgan fingerprint density at radius 1 is 1.23 bits per heavy atom. The van der Waals surface area contributed by atoms with Crippen molar-refractivity contribution in [3.05, 3.63) is 64.9 Å². The molecule has 0 aromatic heterocycles. The smallest absolute Gasteiger partial charge is 0.133 e. The van der Waals surface area contributed by atoms with E-state index in [2.05, 4.69) is 60.2 Å². The van der Waals surface area contributed by atoms with E-state index in [1.807, 2.05) is 6.20 Å². The second-order valence-electron chi connectivity index (χ2n) is 5.60. The van der Waals surface area contributed by atoms with Gasteiger partial charge in [-0.05, 0) is 31.6 Å². The lowest BCUT2D eigenvalue weighted by Crippen LogP contribution is -2.35. The number of hydrogen-bond donors (Lipinski definition) is 1. The van der Waals surface area contributed by atoms with Gasteiger partial charge >= 0.3 is 0 Å². The summed E-state index contributed by atoms with van der Waals surface area (Å²) in [5, 5.41) is 0. The number of fused-ring (bicyclic) bond motifs is 1. The van der Waals surface area contributed by atoms with Crippen LogP contribution < -0.4 is 5.73 Å². The van der Waals surface area contributed by atoms with E-state index in [0.29, 0.717) is 12.4 Å². The van der Waals surface area contributed by atoms with Gasteiger partial charge in [0, 0.05) is 24.4 Å². The third-order valence-corrected chi connectivity index (χ3v) is 3.88. The molecule has 1 aromatic carbocycles. The van der Waals surface area contributed by atoms with Gasteiger partial charge in [0.2, 0.25) is 0 Å². The van der Waals surface area contributed by atoms with Gasteiger partial charge in [-0.3, -0.25) is 4.99 Å². The van der Waals surface area contributed by atoms with Crippen molar-refractivity contribution in [1.82, 2.24) is 4.90 Å². The number of rotatable bonds is 2. The normalized spacial score (nSPS) is 18.1. The van der Waals surface area contributed by atoms with E-state index in [1.165, 1.54) is 11.1 Å². The van der Waals surface area contributed by atoms with E-state index in [4.69, 9.17) is 10.7 Å². The highest BCUT2D eigenvalue weighted by atomic mass is 15.2. The summed E-state index contributed by atoms with van der Waals surface area (Å²) in [6.45, 7) is 4.84. The largest absolute Gasteiger partial charge is 0.384 e. The molecule has 0 fully saturated rings. The fourth-order valence-corrected chi connectivity index (χ4v) is 2.56. The van der Waals surface area contributed by atoms with Crippen LogP contribution in [0.4, 0.5) is 0 Å². The van der Waals surface area contributed by atoms with E-state index in [0.717, 1.165) is 22.7 Å². The van der Waals surface area contributed by atoms with Crippen LogP contribution in [0.1, 0.15) is 18.1 Å². The minimum absolute atomic E-state index is 0.540. The number of hydrogen-bond acceptors (Lipinski definition) is 3. The second kappa shape index (κ2) is 5.64.